The highest BCUT2D eigenvalue weighted by molar-refractivity contribution is 6.31. The van der Waals surface area contributed by atoms with Crippen molar-refractivity contribution in [2.24, 2.45) is 0 Å². The van der Waals surface area contributed by atoms with E-state index < -0.39 is 5.97 Å². The van der Waals surface area contributed by atoms with Crippen LogP contribution in [0.3, 0.4) is 0 Å². The Balaban J connectivity index is 1.73. The van der Waals surface area contributed by atoms with Crippen molar-refractivity contribution in [2.45, 2.75) is 19.6 Å². The Bertz CT molecular complexity index is 1000. The molecule has 3 aromatic carbocycles. The van der Waals surface area contributed by atoms with Gasteiger partial charge in [-0.2, -0.15) is 0 Å². The lowest BCUT2D eigenvalue weighted by Crippen LogP contribution is -2.27. The molecular weight excluding hydrogens is 390 g/mol. The molecule has 0 spiro atoms. The predicted molar refractivity (Wildman–Crippen MR) is 112 cm³/mol. The molecule has 148 valence electrons. The van der Waals surface area contributed by atoms with Crippen LogP contribution in [0.2, 0.25) is 5.02 Å². The highest BCUT2D eigenvalue weighted by Crippen LogP contribution is 2.25. The second kappa shape index (κ2) is 9.26. The Morgan fingerprint density at radius 3 is 2.38 bits per heavy atom. The number of carbonyl (C=O) groups excluding carboxylic acids is 1. The van der Waals surface area contributed by atoms with Crippen LogP contribution in [0.15, 0.2) is 72.8 Å². The van der Waals surface area contributed by atoms with Gasteiger partial charge in [0.2, 0.25) is 0 Å². The van der Waals surface area contributed by atoms with Gasteiger partial charge < -0.3 is 15.2 Å². The highest BCUT2D eigenvalue weighted by Gasteiger charge is 2.17. The number of carbonyl (C=O) groups is 2. The van der Waals surface area contributed by atoms with E-state index in [0.717, 1.165) is 11.1 Å². The van der Waals surface area contributed by atoms with E-state index in [1.54, 1.807) is 30.3 Å². The number of ether oxygens (including phenoxy) is 1. The summed E-state index contributed by atoms with van der Waals surface area (Å²) >= 11 is 6.09. The molecule has 6 heteroatoms. The van der Waals surface area contributed by atoms with E-state index >= 15 is 0 Å². The third-order valence-electron chi connectivity index (χ3n) is 4.43. The smallest absolute Gasteiger partial charge is 0.335 e. The van der Waals surface area contributed by atoms with E-state index in [9.17, 15) is 9.59 Å². The van der Waals surface area contributed by atoms with Crippen molar-refractivity contribution in [3.63, 3.8) is 0 Å². The highest BCUT2D eigenvalue weighted by atomic mass is 35.5. The molecule has 0 radical (unpaired) electrons. The Morgan fingerprint density at radius 2 is 1.72 bits per heavy atom. The van der Waals surface area contributed by atoms with Crippen molar-refractivity contribution >= 4 is 23.5 Å². The molecule has 0 fully saturated rings. The molecule has 1 amide bonds. The van der Waals surface area contributed by atoms with Gasteiger partial charge in [0.05, 0.1) is 17.2 Å². The van der Waals surface area contributed by atoms with Crippen LogP contribution in [0.4, 0.5) is 0 Å². The number of hydrogen-bond donors (Lipinski definition) is 2. The fourth-order valence-corrected chi connectivity index (χ4v) is 2.99. The van der Waals surface area contributed by atoms with E-state index in [0.29, 0.717) is 22.9 Å². The van der Waals surface area contributed by atoms with Crippen LogP contribution >= 0.6 is 11.6 Å². The Kier molecular flexibility index (Phi) is 6.52. The number of amides is 1. The van der Waals surface area contributed by atoms with Gasteiger partial charge in [-0.3, -0.25) is 4.79 Å². The van der Waals surface area contributed by atoms with E-state index in [1.807, 2.05) is 37.3 Å². The molecule has 0 aliphatic heterocycles. The third-order valence-corrected chi connectivity index (χ3v) is 4.66. The minimum Gasteiger partial charge on any atom is -0.488 e. The zero-order valence-corrected chi connectivity index (χ0v) is 16.5. The van der Waals surface area contributed by atoms with Crippen LogP contribution in [-0.4, -0.2) is 17.0 Å². The standard InChI is InChI=1S/C23H20ClNO4/c1-15(17-7-9-18(10-8-17)23(27)28)25-22(26)20-13-19(24)11-12-21(20)29-14-16-5-3-2-4-6-16/h2-13,15H,14H2,1H3,(H,25,26)(H,27,28)/t15-/m0/s1. The molecule has 0 saturated carbocycles. The summed E-state index contributed by atoms with van der Waals surface area (Å²) in [6.07, 6.45) is 0. The maximum Gasteiger partial charge on any atom is 0.335 e. The maximum atomic E-state index is 12.8. The zero-order valence-electron chi connectivity index (χ0n) is 15.8. The van der Waals surface area contributed by atoms with Crippen LogP contribution < -0.4 is 10.1 Å². The van der Waals surface area contributed by atoms with Crippen molar-refractivity contribution < 1.29 is 19.4 Å². The minimum absolute atomic E-state index is 0.193. The van der Waals surface area contributed by atoms with Gasteiger partial charge in [-0.05, 0) is 48.4 Å². The third kappa shape index (κ3) is 5.36. The van der Waals surface area contributed by atoms with Crippen molar-refractivity contribution in [1.82, 2.24) is 5.32 Å². The average Bonchev–Trinajstić information content (AvgIpc) is 2.73. The average molecular weight is 410 g/mol. The summed E-state index contributed by atoms with van der Waals surface area (Å²) in [5.74, 6) is -0.887. The number of benzene rings is 3. The van der Waals surface area contributed by atoms with Gasteiger partial charge in [-0.1, -0.05) is 54.1 Å². The number of nitrogens with one attached hydrogen (secondary N) is 1. The molecule has 3 rings (SSSR count). The summed E-state index contributed by atoms with van der Waals surface area (Å²) in [6, 6.07) is 20.6. The van der Waals surface area contributed by atoms with E-state index in [2.05, 4.69) is 5.32 Å². The van der Waals surface area contributed by atoms with Crippen LogP contribution in [-0.2, 0) is 6.61 Å². The molecule has 5 nitrogen and oxygen atoms in total. The molecule has 0 bridgehead atoms. The van der Waals surface area contributed by atoms with Crippen molar-refractivity contribution in [1.29, 1.82) is 0 Å². The second-order valence-corrected chi connectivity index (χ2v) is 6.97. The number of rotatable bonds is 7. The normalized spacial score (nSPS) is 11.5. The first-order chi connectivity index (χ1) is 13.9. The van der Waals surface area contributed by atoms with Crippen molar-refractivity contribution in [3.05, 3.63) is 100 Å². The summed E-state index contributed by atoms with van der Waals surface area (Å²) in [5.41, 5.74) is 2.30. The second-order valence-electron chi connectivity index (χ2n) is 6.54. The topological polar surface area (TPSA) is 75.6 Å². The monoisotopic (exact) mass is 409 g/mol. The summed E-state index contributed by atoms with van der Waals surface area (Å²) in [4.78, 5) is 23.8. The molecule has 0 aromatic heterocycles. The summed E-state index contributed by atoms with van der Waals surface area (Å²) < 4.78 is 5.84. The molecular formula is C23H20ClNO4. The van der Waals surface area contributed by atoms with Crippen LogP contribution in [0.1, 0.15) is 44.8 Å². The fourth-order valence-electron chi connectivity index (χ4n) is 2.81. The first-order valence-electron chi connectivity index (χ1n) is 9.04. The number of halogens is 1. The minimum atomic E-state index is -0.993. The largest absolute Gasteiger partial charge is 0.488 e. The zero-order chi connectivity index (χ0) is 20.8. The molecule has 29 heavy (non-hydrogen) atoms. The van der Waals surface area contributed by atoms with Crippen LogP contribution in [0.5, 0.6) is 5.75 Å². The van der Waals surface area contributed by atoms with Gasteiger partial charge in [0.1, 0.15) is 12.4 Å². The van der Waals surface area contributed by atoms with Crippen LogP contribution in [0, 0.1) is 0 Å². The summed E-state index contributed by atoms with van der Waals surface area (Å²) in [6.45, 7) is 2.15. The van der Waals surface area contributed by atoms with E-state index in [-0.39, 0.29) is 17.5 Å². The molecule has 0 saturated heterocycles. The number of carboxylic acids is 1. The van der Waals surface area contributed by atoms with Crippen LogP contribution in [0.25, 0.3) is 0 Å². The molecule has 0 heterocycles. The van der Waals surface area contributed by atoms with Gasteiger partial charge in [0.25, 0.3) is 5.91 Å². The lowest BCUT2D eigenvalue weighted by molar-refractivity contribution is 0.0696. The maximum absolute atomic E-state index is 12.8. The van der Waals surface area contributed by atoms with Gasteiger partial charge in [0, 0.05) is 5.02 Å². The number of carboxylic acid groups (broad SMARTS) is 1. The SMILES string of the molecule is C[C@H](NC(=O)c1cc(Cl)ccc1OCc1ccccc1)c1ccc(C(=O)O)cc1. The molecule has 1 atom stereocenters. The number of hydrogen-bond acceptors (Lipinski definition) is 3. The first-order valence-corrected chi connectivity index (χ1v) is 9.42. The molecule has 0 aliphatic carbocycles. The Labute approximate surface area is 173 Å². The van der Waals surface area contributed by atoms with Crippen molar-refractivity contribution in [3.8, 4) is 5.75 Å². The Morgan fingerprint density at radius 1 is 1.03 bits per heavy atom. The quantitative estimate of drug-likeness (QED) is 0.568. The van der Waals surface area contributed by atoms with Gasteiger partial charge >= 0.3 is 5.97 Å². The molecule has 0 unspecified atom stereocenters. The molecule has 0 aliphatic rings. The first kappa shape index (κ1) is 20.4. The molecule has 3 aromatic rings. The summed E-state index contributed by atoms with van der Waals surface area (Å²) in [5, 5.41) is 12.3. The fraction of sp³-hybridized carbons (Fsp3) is 0.130. The van der Waals surface area contributed by atoms with Gasteiger partial charge in [-0.15, -0.1) is 0 Å². The lowest BCUT2D eigenvalue weighted by Gasteiger charge is -2.17. The van der Waals surface area contributed by atoms with Crippen molar-refractivity contribution in [2.75, 3.05) is 0 Å². The Hall–Kier alpha value is -3.31. The predicted octanol–water partition coefficient (Wildman–Crippen LogP) is 5.11. The lowest BCUT2D eigenvalue weighted by atomic mass is 10.1. The van der Waals surface area contributed by atoms with Gasteiger partial charge in [0.15, 0.2) is 0 Å². The van der Waals surface area contributed by atoms with E-state index in [1.165, 1.54) is 12.1 Å². The molecule has 2 N–H and O–H groups in total. The number of aromatic carboxylic acids is 1. The van der Waals surface area contributed by atoms with E-state index in [4.69, 9.17) is 21.4 Å². The summed E-state index contributed by atoms with van der Waals surface area (Å²) in [7, 11) is 0. The van der Waals surface area contributed by atoms with Gasteiger partial charge in [-0.25, -0.2) is 4.79 Å².